The van der Waals surface area contributed by atoms with Gasteiger partial charge < -0.3 is 24.4 Å². The Balaban J connectivity index is 1.76. The topological polar surface area (TPSA) is 60.0 Å². The van der Waals surface area contributed by atoms with Crippen LogP contribution in [0.4, 0.5) is 11.4 Å². The largest absolute Gasteiger partial charge is 0.493 e. The Morgan fingerprint density at radius 3 is 2.38 bits per heavy atom. The van der Waals surface area contributed by atoms with Gasteiger partial charge in [0, 0.05) is 29.5 Å². The maximum Gasteiger partial charge on any atom is 0.246 e. The zero-order chi connectivity index (χ0) is 18.7. The lowest BCUT2D eigenvalue weighted by Crippen LogP contribution is -2.39. The third-order valence-corrected chi connectivity index (χ3v) is 4.58. The summed E-state index contributed by atoms with van der Waals surface area (Å²) in [6.45, 7) is 2.24. The zero-order valence-corrected chi connectivity index (χ0v) is 15.5. The second-order valence-electron chi connectivity index (χ2n) is 6.21. The Hall–Kier alpha value is -2.89. The smallest absolute Gasteiger partial charge is 0.246 e. The molecule has 6 nitrogen and oxygen atoms in total. The van der Waals surface area contributed by atoms with Crippen molar-refractivity contribution in [1.82, 2.24) is 0 Å². The summed E-state index contributed by atoms with van der Waals surface area (Å²) >= 11 is 0. The molecule has 0 radical (unpaired) electrons. The van der Waals surface area contributed by atoms with Crippen LogP contribution < -0.4 is 24.4 Å². The SMILES string of the molecule is COc1cc(NCC(=O)N2c3ccccc3CC2C)cc(OC)c1OC. The second kappa shape index (κ2) is 7.56. The van der Waals surface area contributed by atoms with Crippen molar-refractivity contribution >= 4 is 17.3 Å². The zero-order valence-electron chi connectivity index (χ0n) is 15.5. The highest BCUT2D eigenvalue weighted by atomic mass is 16.5. The number of fused-ring (bicyclic) bond motifs is 1. The van der Waals surface area contributed by atoms with Crippen LogP contribution in [0.5, 0.6) is 17.2 Å². The summed E-state index contributed by atoms with van der Waals surface area (Å²) in [6, 6.07) is 11.8. The highest BCUT2D eigenvalue weighted by Gasteiger charge is 2.30. The van der Waals surface area contributed by atoms with E-state index < -0.39 is 0 Å². The van der Waals surface area contributed by atoms with E-state index in [9.17, 15) is 4.79 Å². The van der Waals surface area contributed by atoms with Crippen LogP contribution in [0.25, 0.3) is 0 Å². The minimum atomic E-state index is 0.0243. The molecule has 6 heteroatoms. The van der Waals surface area contributed by atoms with Gasteiger partial charge in [-0.05, 0) is 25.0 Å². The molecule has 1 aliphatic rings. The molecule has 1 amide bonds. The van der Waals surface area contributed by atoms with Gasteiger partial charge in [0.1, 0.15) is 0 Å². The molecule has 2 aromatic rings. The summed E-state index contributed by atoms with van der Waals surface area (Å²) in [6.07, 6.45) is 0.881. The van der Waals surface area contributed by atoms with Gasteiger partial charge in [-0.3, -0.25) is 4.79 Å². The first-order valence-electron chi connectivity index (χ1n) is 8.52. The summed E-state index contributed by atoms with van der Waals surface area (Å²) in [5.74, 6) is 1.63. The molecule has 26 heavy (non-hydrogen) atoms. The molecular formula is C20H24N2O4. The van der Waals surface area contributed by atoms with E-state index in [4.69, 9.17) is 14.2 Å². The quantitative estimate of drug-likeness (QED) is 0.862. The predicted octanol–water partition coefficient (Wildman–Crippen LogP) is 3.10. The Kier molecular flexibility index (Phi) is 5.21. The molecule has 1 unspecified atom stereocenters. The van der Waals surface area contributed by atoms with Crippen LogP contribution in [0.2, 0.25) is 0 Å². The summed E-state index contributed by atoms with van der Waals surface area (Å²) in [7, 11) is 4.69. The highest BCUT2D eigenvalue weighted by Crippen LogP contribution is 2.40. The van der Waals surface area contributed by atoms with E-state index in [0.717, 1.165) is 17.8 Å². The Morgan fingerprint density at radius 1 is 1.12 bits per heavy atom. The lowest BCUT2D eigenvalue weighted by Gasteiger charge is -2.23. The maximum atomic E-state index is 12.8. The van der Waals surface area contributed by atoms with Crippen molar-refractivity contribution in [2.45, 2.75) is 19.4 Å². The van der Waals surface area contributed by atoms with E-state index in [-0.39, 0.29) is 18.5 Å². The molecule has 0 aliphatic carbocycles. The van der Waals surface area contributed by atoms with Gasteiger partial charge in [0.05, 0.1) is 27.9 Å². The van der Waals surface area contributed by atoms with Crippen LogP contribution in [0.3, 0.4) is 0 Å². The van der Waals surface area contributed by atoms with Gasteiger partial charge in [0.25, 0.3) is 0 Å². The lowest BCUT2D eigenvalue weighted by atomic mass is 10.1. The van der Waals surface area contributed by atoms with Gasteiger partial charge in [0.2, 0.25) is 11.7 Å². The average Bonchev–Trinajstić information content (AvgIpc) is 3.00. The first-order valence-corrected chi connectivity index (χ1v) is 8.52. The number of nitrogens with zero attached hydrogens (tertiary/aromatic N) is 1. The second-order valence-corrected chi connectivity index (χ2v) is 6.21. The van der Waals surface area contributed by atoms with Crippen LogP contribution in [-0.4, -0.2) is 39.8 Å². The van der Waals surface area contributed by atoms with Crippen LogP contribution in [0.15, 0.2) is 36.4 Å². The molecule has 0 aromatic heterocycles. The number of anilines is 2. The first-order chi connectivity index (χ1) is 12.6. The molecule has 0 bridgehead atoms. The van der Waals surface area contributed by atoms with E-state index >= 15 is 0 Å². The standard InChI is InChI=1S/C20H24N2O4/c1-13-9-14-7-5-6-8-16(14)22(13)19(23)12-21-15-10-17(24-2)20(26-4)18(11-15)25-3/h5-8,10-11,13,21H,9,12H2,1-4H3. The fraction of sp³-hybridized carbons (Fsp3) is 0.350. The van der Waals surface area contributed by atoms with Gasteiger partial charge in [-0.2, -0.15) is 0 Å². The molecular weight excluding hydrogens is 332 g/mol. The third-order valence-electron chi connectivity index (χ3n) is 4.58. The fourth-order valence-corrected chi connectivity index (χ4v) is 3.39. The highest BCUT2D eigenvalue weighted by molar-refractivity contribution is 5.98. The van der Waals surface area contributed by atoms with Gasteiger partial charge in [0.15, 0.2) is 11.5 Å². The molecule has 1 aliphatic heterocycles. The molecule has 2 aromatic carbocycles. The van der Waals surface area contributed by atoms with Crippen molar-refractivity contribution in [1.29, 1.82) is 0 Å². The minimum Gasteiger partial charge on any atom is -0.493 e. The van der Waals surface area contributed by atoms with Crippen LogP contribution in [-0.2, 0) is 11.2 Å². The van der Waals surface area contributed by atoms with Crippen LogP contribution >= 0.6 is 0 Å². The van der Waals surface area contributed by atoms with Crippen molar-refractivity contribution in [2.75, 3.05) is 38.1 Å². The van der Waals surface area contributed by atoms with Crippen molar-refractivity contribution in [2.24, 2.45) is 0 Å². The first kappa shape index (κ1) is 17.9. The Bertz CT molecular complexity index is 781. The predicted molar refractivity (Wildman–Crippen MR) is 102 cm³/mol. The Labute approximate surface area is 153 Å². The number of nitrogens with one attached hydrogen (secondary N) is 1. The number of carbonyl (C=O) groups is 1. The van der Waals surface area contributed by atoms with Crippen molar-refractivity contribution in [3.05, 3.63) is 42.0 Å². The number of ether oxygens (including phenoxy) is 3. The fourth-order valence-electron chi connectivity index (χ4n) is 3.39. The lowest BCUT2D eigenvalue weighted by molar-refractivity contribution is -0.117. The maximum absolute atomic E-state index is 12.8. The van der Waals surface area contributed by atoms with Gasteiger partial charge in [-0.1, -0.05) is 18.2 Å². The molecule has 0 spiro atoms. The van der Waals surface area contributed by atoms with Crippen molar-refractivity contribution in [3.8, 4) is 17.2 Å². The number of para-hydroxylation sites is 1. The molecule has 1 N–H and O–H groups in total. The number of amides is 1. The number of benzene rings is 2. The molecule has 3 rings (SSSR count). The average molecular weight is 356 g/mol. The number of methoxy groups -OCH3 is 3. The molecule has 0 saturated heterocycles. The van der Waals surface area contributed by atoms with E-state index in [1.807, 2.05) is 23.1 Å². The van der Waals surface area contributed by atoms with Gasteiger partial charge >= 0.3 is 0 Å². The Morgan fingerprint density at radius 2 is 1.77 bits per heavy atom. The third kappa shape index (κ3) is 3.27. The molecule has 1 atom stereocenters. The molecule has 0 fully saturated rings. The molecule has 1 heterocycles. The van der Waals surface area contributed by atoms with Crippen LogP contribution in [0, 0.1) is 0 Å². The number of hydrogen-bond acceptors (Lipinski definition) is 5. The van der Waals surface area contributed by atoms with Gasteiger partial charge in [-0.25, -0.2) is 0 Å². The number of carbonyl (C=O) groups excluding carboxylic acids is 1. The van der Waals surface area contributed by atoms with Crippen molar-refractivity contribution in [3.63, 3.8) is 0 Å². The van der Waals surface area contributed by atoms with Gasteiger partial charge in [-0.15, -0.1) is 0 Å². The normalized spacial score (nSPS) is 15.4. The summed E-state index contributed by atoms with van der Waals surface area (Å²) < 4.78 is 16.0. The van der Waals surface area contributed by atoms with Crippen LogP contribution in [0.1, 0.15) is 12.5 Å². The van der Waals surface area contributed by atoms with Crippen molar-refractivity contribution < 1.29 is 19.0 Å². The monoisotopic (exact) mass is 356 g/mol. The summed E-state index contributed by atoms with van der Waals surface area (Å²) in [5, 5.41) is 3.17. The van der Waals surface area contributed by atoms with E-state index in [2.05, 4.69) is 18.3 Å². The van der Waals surface area contributed by atoms with E-state index in [0.29, 0.717) is 17.2 Å². The number of hydrogen-bond donors (Lipinski definition) is 1. The molecule has 138 valence electrons. The molecule has 0 saturated carbocycles. The van der Waals surface area contributed by atoms with E-state index in [1.54, 1.807) is 33.5 Å². The minimum absolute atomic E-state index is 0.0243. The summed E-state index contributed by atoms with van der Waals surface area (Å²) in [4.78, 5) is 14.7. The number of rotatable bonds is 6. The van der Waals surface area contributed by atoms with E-state index in [1.165, 1.54) is 5.56 Å². The summed E-state index contributed by atoms with van der Waals surface area (Å²) in [5.41, 5.74) is 2.94.